The second kappa shape index (κ2) is 6.48. The Bertz CT molecular complexity index is 563. The maximum Gasteiger partial charge on any atom is 0.155 e. The molecule has 0 unspecified atom stereocenters. The molecule has 0 saturated carbocycles. The second-order valence-electron chi connectivity index (χ2n) is 5.67. The highest BCUT2D eigenvalue weighted by atomic mass is 32.2. The molecule has 0 aliphatic rings. The molecule has 0 amide bonds. The van der Waals surface area contributed by atoms with Crippen LogP contribution in [0.5, 0.6) is 5.75 Å². The summed E-state index contributed by atoms with van der Waals surface area (Å²) in [6, 6.07) is 3.79. The highest BCUT2D eigenvalue weighted by Gasteiger charge is 2.17. The summed E-state index contributed by atoms with van der Waals surface area (Å²) in [4.78, 5) is 0. The van der Waals surface area contributed by atoms with Crippen LogP contribution in [0.25, 0.3) is 0 Å². The molecular formula is C15H25NO3S. The number of benzene rings is 1. The zero-order chi connectivity index (χ0) is 15.5. The van der Waals surface area contributed by atoms with Crippen LogP contribution in [0.15, 0.2) is 12.1 Å². The summed E-state index contributed by atoms with van der Waals surface area (Å²) < 4.78 is 29.2. The minimum atomic E-state index is -3.07. The minimum Gasteiger partial charge on any atom is -0.492 e. The van der Waals surface area contributed by atoms with E-state index >= 15 is 0 Å². The van der Waals surface area contributed by atoms with Gasteiger partial charge in [-0.2, -0.15) is 0 Å². The van der Waals surface area contributed by atoms with Gasteiger partial charge in [-0.1, -0.05) is 13.8 Å². The van der Waals surface area contributed by atoms with Crippen LogP contribution in [0.2, 0.25) is 0 Å². The van der Waals surface area contributed by atoms with Crippen LogP contribution >= 0.6 is 0 Å². The Hall–Kier alpha value is -1.23. The van der Waals surface area contributed by atoms with Crippen LogP contribution < -0.4 is 10.5 Å². The molecule has 0 aliphatic heterocycles. The van der Waals surface area contributed by atoms with Gasteiger partial charge in [0.1, 0.15) is 12.4 Å². The van der Waals surface area contributed by atoms with E-state index in [-0.39, 0.29) is 23.5 Å². The standard InChI is InChI=1S/C15H25NO3S/c1-10(2)13-9-14(16)12(5)8-15(13)19-6-7-20(17,18)11(3)4/h8-11H,6-7,16H2,1-5H3. The molecule has 2 N–H and O–H groups in total. The Morgan fingerprint density at radius 3 is 2.30 bits per heavy atom. The summed E-state index contributed by atoms with van der Waals surface area (Å²) in [6.45, 7) is 9.56. The first-order valence-corrected chi connectivity index (χ1v) is 8.61. The first-order valence-electron chi connectivity index (χ1n) is 6.89. The van der Waals surface area contributed by atoms with Gasteiger partial charge in [-0.25, -0.2) is 8.42 Å². The minimum absolute atomic E-state index is 0.0334. The van der Waals surface area contributed by atoms with Crippen LogP contribution in [-0.4, -0.2) is 26.0 Å². The van der Waals surface area contributed by atoms with Crippen molar-refractivity contribution in [1.29, 1.82) is 0 Å². The van der Waals surface area contributed by atoms with Crippen molar-refractivity contribution < 1.29 is 13.2 Å². The van der Waals surface area contributed by atoms with Crippen molar-refractivity contribution in [2.24, 2.45) is 0 Å². The van der Waals surface area contributed by atoms with E-state index in [1.807, 2.05) is 19.1 Å². The summed E-state index contributed by atoms with van der Waals surface area (Å²) in [5.74, 6) is 1.03. The average molecular weight is 299 g/mol. The molecule has 0 bridgehead atoms. The molecule has 0 fully saturated rings. The lowest BCUT2D eigenvalue weighted by atomic mass is 9.99. The summed E-state index contributed by atoms with van der Waals surface area (Å²) in [5, 5.41) is -0.371. The average Bonchev–Trinajstić information content (AvgIpc) is 2.32. The highest BCUT2D eigenvalue weighted by Crippen LogP contribution is 2.30. The fraction of sp³-hybridized carbons (Fsp3) is 0.600. The molecule has 4 nitrogen and oxygen atoms in total. The van der Waals surface area contributed by atoms with E-state index in [1.165, 1.54) is 0 Å². The molecule has 0 heterocycles. The zero-order valence-electron chi connectivity index (χ0n) is 12.9. The summed E-state index contributed by atoms with van der Waals surface area (Å²) in [6.07, 6.45) is 0. The van der Waals surface area contributed by atoms with E-state index in [9.17, 15) is 8.42 Å². The van der Waals surface area contributed by atoms with E-state index in [0.29, 0.717) is 0 Å². The molecule has 0 radical (unpaired) electrons. The van der Waals surface area contributed by atoms with Gasteiger partial charge >= 0.3 is 0 Å². The Labute approximate surface area is 122 Å². The van der Waals surface area contributed by atoms with Gasteiger partial charge in [0.2, 0.25) is 0 Å². The number of anilines is 1. The summed E-state index contributed by atoms with van der Waals surface area (Å²) >= 11 is 0. The third-order valence-corrected chi connectivity index (χ3v) is 5.54. The molecule has 1 aromatic carbocycles. The van der Waals surface area contributed by atoms with Gasteiger partial charge in [0.05, 0.1) is 11.0 Å². The SMILES string of the molecule is Cc1cc(OCCS(=O)(=O)C(C)C)c(C(C)C)cc1N. The molecule has 20 heavy (non-hydrogen) atoms. The van der Waals surface area contributed by atoms with E-state index in [0.717, 1.165) is 22.6 Å². The lowest BCUT2D eigenvalue weighted by molar-refractivity contribution is 0.335. The number of rotatable bonds is 6. The molecule has 0 spiro atoms. The van der Waals surface area contributed by atoms with Gasteiger partial charge < -0.3 is 10.5 Å². The topological polar surface area (TPSA) is 69.4 Å². The lowest BCUT2D eigenvalue weighted by Gasteiger charge is -2.17. The number of nitrogen functional groups attached to an aromatic ring is 1. The van der Waals surface area contributed by atoms with Gasteiger partial charge in [-0.3, -0.25) is 0 Å². The lowest BCUT2D eigenvalue weighted by Crippen LogP contribution is -2.22. The molecule has 0 saturated heterocycles. The maximum absolute atomic E-state index is 11.8. The Balaban J connectivity index is 2.85. The molecule has 0 atom stereocenters. The number of hydrogen-bond donors (Lipinski definition) is 1. The number of sulfone groups is 1. The van der Waals surface area contributed by atoms with Crippen molar-refractivity contribution in [2.75, 3.05) is 18.1 Å². The first-order chi connectivity index (χ1) is 9.15. The van der Waals surface area contributed by atoms with E-state index in [2.05, 4.69) is 13.8 Å². The largest absolute Gasteiger partial charge is 0.492 e. The molecule has 1 aromatic rings. The van der Waals surface area contributed by atoms with Crippen LogP contribution in [-0.2, 0) is 9.84 Å². The highest BCUT2D eigenvalue weighted by molar-refractivity contribution is 7.91. The van der Waals surface area contributed by atoms with Crippen molar-refractivity contribution >= 4 is 15.5 Å². The normalized spacial score (nSPS) is 12.2. The van der Waals surface area contributed by atoms with Crippen LogP contribution in [0.3, 0.4) is 0 Å². The quantitative estimate of drug-likeness (QED) is 0.820. The smallest absolute Gasteiger partial charge is 0.155 e. The second-order valence-corrected chi connectivity index (χ2v) is 8.34. The number of ether oxygens (including phenoxy) is 1. The Kier molecular flexibility index (Phi) is 5.45. The van der Waals surface area contributed by atoms with E-state index in [4.69, 9.17) is 10.5 Å². The third kappa shape index (κ3) is 4.13. The molecule has 0 aliphatic carbocycles. The van der Waals surface area contributed by atoms with Crippen LogP contribution in [0, 0.1) is 6.92 Å². The number of aryl methyl sites for hydroxylation is 1. The zero-order valence-corrected chi connectivity index (χ0v) is 13.8. The van der Waals surface area contributed by atoms with Gasteiger partial charge in [0, 0.05) is 5.69 Å². The number of nitrogens with two attached hydrogens (primary N) is 1. The van der Waals surface area contributed by atoms with Crippen molar-refractivity contribution in [3.63, 3.8) is 0 Å². The van der Waals surface area contributed by atoms with Crippen molar-refractivity contribution in [1.82, 2.24) is 0 Å². The van der Waals surface area contributed by atoms with Gasteiger partial charge in [-0.05, 0) is 49.9 Å². The van der Waals surface area contributed by atoms with Gasteiger partial charge in [-0.15, -0.1) is 0 Å². The van der Waals surface area contributed by atoms with Crippen LogP contribution in [0.1, 0.15) is 44.7 Å². The van der Waals surface area contributed by atoms with E-state index in [1.54, 1.807) is 13.8 Å². The molecular weight excluding hydrogens is 274 g/mol. The fourth-order valence-electron chi connectivity index (χ4n) is 1.80. The Morgan fingerprint density at radius 2 is 1.80 bits per heavy atom. The van der Waals surface area contributed by atoms with Crippen molar-refractivity contribution in [2.45, 2.75) is 45.8 Å². The number of hydrogen-bond acceptors (Lipinski definition) is 4. The summed E-state index contributed by atoms with van der Waals surface area (Å²) in [7, 11) is -3.07. The van der Waals surface area contributed by atoms with Crippen LogP contribution in [0.4, 0.5) is 5.69 Å². The Morgan fingerprint density at radius 1 is 1.20 bits per heavy atom. The summed E-state index contributed by atoms with van der Waals surface area (Å²) in [5.41, 5.74) is 8.60. The fourth-order valence-corrected chi connectivity index (χ4v) is 2.58. The molecule has 5 heteroatoms. The van der Waals surface area contributed by atoms with E-state index < -0.39 is 9.84 Å². The maximum atomic E-state index is 11.8. The van der Waals surface area contributed by atoms with Crippen molar-refractivity contribution in [3.8, 4) is 5.75 Å². The first kappa shape index (κ1) is 16.8. The third-order valence-electron chi connectivity index (χ3n) is 3.36. The molecule has 0 aromatic heterocycles. The van der Waals surface area contributed by atoms with Crippen molar-refractivity contribution in [3.05, 3.63) is 23.3 Å². The molecule has 114 valence electrons. The van der Waals surface area contributed by atoms with Gasteiger partial charge in [0.15, 0.2) is 9.84 Å². The predicted molar refractivity (Wildman–Crippen MR) is 84.1 cm³/mol. The monoisotopic (exact) mass is 299 g/mol. The molecule has 1 rings (SSSR count). The van der Waals surface area contributed by atoms with Gasteiger partial charge in [0.25, 0.3) is 0 Å². The predicted octanol–water partition coefficient (Wildman–Crippen LogP) is 2.90.